The van der Waals surface area contributed by atoms with Crippen LogP contribution in [0.5, 0.6) is 0 Å². The maximum atomic E-state index is 13.6. The van der Waals surface area contributed by atoms with Crippen LogP contribution in [0.15, 0.2) is 18.2 Å². The average Bonchev–Trinajstić information content (AvgIpc) is 2.91. The van der Waals surface area contributed by atoms with Crippen LogP contribution in [0.3, 0.4) is 0 Å². The number of nitrogens with one attached hydrogen (secondary N) is 1. The van der Waals surface area contributed by atoms with E-state index in [9.17, 15) is 14.5 Å². The number of halogens is 1. The Kier molecular flexibility index (Phi) is 2.93. The van der Waals surface area contributed by atoms with Crippen molar-refractivity contribution in [3.8, 4) is 0 Å². The van der Waals surface area contributed by atoms with Crippen LogP contribution in [-0.2, 0) is 0 Å². The van der Waals surface area contributed by atoms with Crippen molar-refractivity contribution in [2.24, 2.45) is 11.8 Å². The normalized spacial score (nSPS) is 27.6. The number of benzene rings is 1. The fourth-order valence-corrected chi connectivity index (χ4v) is 3.68. The minimum atomic E-state index is -0.555. The third-order valence-electron chi connectivity index (χ3n) is 4.75. The molecule has 2 saturated heterocycles. The van der Waals surface area contributed by atoms with E-state index in [0.717, 1.165) is 25.7 Å². The number of fused-ring (bicyclic) bond motifs is 1. The summed E-state index contributed by atoms with van der Waals surface area (Å²) in [7, 11) is 0. The summed E-state index contributed by atoms with van der Waals surface area (Å²) in [5.41, 5.74) is 0.289. The van der Waals surface area contributed by atoms with Gasteiger partial charge in [0.1, 0.15) is 5.82 Å². The number of anilines is 1. The minimum Gasteiger partial charge on any atom is -0.365 e. The van der Waals surface area contributed by atoms with E-state index >= 15 is 0 Å². The number of nitro benzene ring substituents is 1. The van der Waals surface area contributed by atoms with Crippen LogP contribution in [0.1, 0.15) is 13.8 Å². The van der Waals surface area contributed by atoms with E-state index in [4.69, 9.17) is 0 Å². The maximum Gasteiger partial charge on any atom is 0.274 e. The molecule has 2 unspecified atom stereocenters. The van der Waals surface area contributed by atoms with Gasteiger partial charge in [-0.1, -0.05) is 0 Å². The number of nitro groups is 1. The van der Waals surface area contributed by atoms with Gasteiger partial charge in [0, 0.05) is 36.9 Å². The maximum absolute atomic E-state index is 13.6. The zero-order chi connectivity index (χ0) is 14.5. The Bertz CT molecular complexity index is 561. The van der Waals surface area contributed by atoms with Crippen LogP contribution in [0, 0.1) is 27.8 Å². The highest BCUT2D eigenvalue weighted by Gasteiger charge is 2.49. The Morgan fingerprint density at radius 3 is 2.80 bits per heavy atom. The molecule has 0 saturated carbocycles. The van der Waals surface area contributed by atoms with E-state index in [1.807, 2.05) is 0 Å². The lowest BCUT2D eigenvalue weighted by Crippen LogP contribution is -2.44. The predicted octanol–water partition coefficient (Wildman–Crippen LogP) is 2.17. The molecule has 0 bridgehead atoms. The summed E-state index contributed by atoms with van der Waals surface area (Å²) in [6.45, 7) is 6.97. The first-order valence-electron chi connectivity index (χ1n) is 6.83. The second kappa shape index (κ2) is 4.41. The highest BCUT2D eigenvalue weighted by molar-refractivity contribution is 5.57. The zero-order valence-corrected chi connectivity index (χ0v) is 11.6. The Morgan fingerprint density at radius 2 is 2.15 bits per heavy atom. The molecule has 0 radical (unpaired) electrons. The Balaban J connectivity index is 1.99. The highest BCUT2D eigenvalue weighted by atomic mass is 19.1. The van der Waals surface area contributed by atoms with Crippen LogP contribution < -0.4 is 10.2 Å². The molecular formula is C14H18FN3O2. The number of hydrogen-bond donors (Lipinski definition) is 1. The molecule has 3 rings (SSSR count). The first-order chi connectivity index (χ1) is 9.39. The number of hydrogen-bond acceptors (Lipinski definition) is 4. The topological polar surface area (TPSA) is 58.4 Å². The van der Waals surface area contributed by atoms with Crippen LogP contribution in [0.25, 0.3) is 0 Å². The van der Waals surface area contributed by atoms with Crippen LogP contribution in [0.2, 0.25) is 0 Å². The van der Waals surface area contributed by atoms with Gasteiger partial charge in [-0.15, -0.1) is 0 Å². The fourth-order valence-electron chi connectivity index (χ4n) is 3.68. The molecule has 5 nitrogen and oxygen atoms in total. The van der Waals surface area contributed by atoms with Crippen LogP contribution in [-0.4, -0.2) is 30.1 Å². The number of rotatable bonds is 2. The van der Waals surface area contributed by atoms with Crippen molar-refractivity contribution in [1.29, 1.82) is 0 Å². The van der Waals surface area contributed by atoms with Gasteiger partial charge < -0.3 is 10.2 Å². The molecule has 2 aliphatic rings. The van der Waals surface area contributed by atoms with Crippen LogP contribution in [0.4, 0.5) is 15.8 Å². The molecule has 0 spiro atoms. The summed E-state index contributed by atoms with van der Waals surface area (Å²) < 4.78 is 13.6. The van der Waals surface area contributed by atoms with E-state index in [0.29, 0.717) is 17.5 Å². The summed E-state index contributed by atoms with van der Waals surface area (Å²) in [6.07, 6.45) is 0. The van der Waals surface area contributed by atoms with E-state index in [-0.39, 0.29) is 11.2 Å². The van der Waals surface area contributed by atoms with E-state index < -0.39 is 10.7 Å². The SMILES string of the molecule is CC1(C)C2CNCC2CN1c1cc(F)cc([N+](=O)[O-])c1. The summed E-state index contributed by atoms with van der Waals surface area (Å²) in [4.78, 5) is 12.5. The first-order valence-corrected chi connectivity index (χ1v) is 6.83. The molecule has 2 atom stereocenters. The van der Waals surface area contributed by atoms with Crippen molar-refractivity contribution in [3.63, 3.8) is 0 Å². The van der Waals surface area contributed by atoms with E-state index in [1.165, 1.54) is 12.1 Å². The molecule has 1 N–H and O–H groups in total. The summed E-state index contributed by atoms with van der Waals surface area (Å²) >= 11 is 0. The zero-order valence-electron chi connectivity index (χ0n) is 11.6. The molecule has 0 aromatic heterocycles. The quantitative estimate of drug-likeness (QED) is 0.666. The van der Waals surface area contributed by atoms with Gasteiger partial charge in [-0.3, -0.25) is 10.1 Å². The van der Waals surface area contributed by atoms with Crippen molar-refractivity contribution < 1.29 is 9.31 Å². The van der Waals surface area contributed by atoms with Crippen molar-refractivity contribution in [3.05, 3.63) is 34.1 Å². The van der Waals surface area contributed by atoms with Gasteiger partial charge in [0.15, 0.2) is 0 Å². The summed E-state index contributed by atoms with van der Waals surface area (Å²) in [5.74, 6) is 0.456. The number of non-ortho nitro benzene ring substituents is 1. The highest BCUT2D eigenvalue weighted by Crippen LogP contribution is 2.43. The molecule has 2 heterocycles. The van der Waals surface area contributed by atoms with E-state index in [2.05, 4.69) is 24.1 Å². The molecule has 2 aliphatic heterocycles. The standard InChI is InChI=1S/C14H18FN3O2/c1-14(2)13-7-16-6-9(13)8-17(14)11-3-10(15)4-12(5-11)18(19)20/h3-5,9,13,16H,6-8H2,1-2H3. The van der Waals surface area contributed by atoms with Gasteiger partial charge in [0.05, 0.1) is 11.0 Å². The molecule has 2 fully saturated rings. The van der Waals surface area contributed by atoms with Crippen molar-refractivity contribution in [2.75, 3.05) is 24.5 Å². The molecule has 1 aromatic carbocycles. The minimum absolute atomic E-state index is 0.129. The monoisotopic (exact) mass is 279 g/mol. The van der Waals surface area contributed by atoms with Gasteiger partial charge >= 0.3 is 0 Å². The van der Waals surface area contributed by atoms with Gasteiger partial charge in [-0.25, -0.2) is 4.39 Å². The van der Waals surface area contributed by atoms with Crippen molar-refractivity contribution in [2.45, 2.75) is 19.4 Å². The van der Waals surface area contributed by atoms with Crippen LogP contribution >= 0.6 is 0 Å². The lowest BCUT2D eigenvalue weighted by atomic mass is 9.84. The third kappa shape index (κ3) is 1.95. The lowest BCUT2D eigenvalue weighted by Gasteiger charge is -2.37. The van der Waals surface area contributed by atoms with Crippen molar-refractivity contribution in [1.82, 2.24) is 5.32 Å². The summed E-state index contributed by atoms with van der Waals surface area (Å²) in [5, 5.41) is 14.3. The van der Waals surface area contributed by atoms with Gasteiger partial charge in [0.25, 0.3) is 5.69 Å². The predicted molar refractivity (Wildman–Crippen MR) is 74.3 cm³/mol. The molecular weight excluding hydrogens is 261 g/mol. The van der Waals surface area contributed by atoms with Crippen molar-refractivity contribution >= 4 is 11.4 Å². The Morgan fingerprint density at radius 1 is 1.40 bits per heavy atom. The van der Waals surface area contributed by atoms with Gasteiger partial charge in [0.2, 0.25) is 0 Å². The Hall–Kier alpha value is -1.69. The average molecular weight is 279 g/mol. The second-order valence-electron chi connectivity index (χ2n) is 6.21. The molecule has 108 valence electrons. The fraction of sp³-hybridized carbons (Fsp3) is 0.571. The second-order valence-corrected chi connectivity index (χ2v) is 6.21. The molecule has 0 aliphatic carbocycles. The molecule has 6 heteroatoms. The van der Waals surface area contributed by atoms with Gasteiger partial charge in [-0.2, -0.15) is 0 Å². The third-order valence-corrected chi connectivity index (χ3v) is 4.75. The first kappa shape index (κ1) is 13.3. The van der Waals surface area contributed by atoms with E-state index in [1.54, 1.807) is 0 Å². The lowest BCUT2D eigenvalue weighted by molar-refractivity contribution is -0.385. The molecule has 1 aromatic rings. The summed E-state index contributed by atoms with van der Waals surface area (Å²) in [6, 6.07) is 3.83. The van der Waals surface area contributed by atoms with Gasteiger partial charge in [-0.05, 0) is 31.7 Å². The molecule has 20 heavy (non-hydrogen) atoms. The molecule has 0 amide bonds. The number of nitrogens with zero attached hydrogens (tertiary/aromatic N) is 2. The Labute approximate surface area is 116 Å². The largest absolute Gasteiger partial charge is 0.365 e. The smallest absolute Gasteiger partial charge is 0.274 e.